The molecule has 2 amide bonds. The monoisotopic (exact) mass is 670 g/mol. The summed E-state index contributed by atoms with van der Waals surface area (Å²) in [7, 11) is -4.69. The van der Waals surface area contributed by atoms with E-state index < -0.39 is 97.8 Å². The third kappa shape index (κ3) is 4.72. The summed E-state index contributed by atoms with van der Waals surface area (Å²) in [5.74, 6) is -2.48. The lowest BCUT2D eigenvalue weighted by molar-refractivity contribution is -0.348. The van der Waals surface area contributed by atoms with E-state index in [9.17, 15) is 57.5 Å². The van der Waals surface area contributed by atoms with Crippen LogP contribution in [0.25, 0.3) is 0 Å². The second-order valence-corrected chi connectivity index (χ2v) is 14.0. The van der Waals surface area contributed by atoms with Crippen LogP contribution in [0.3, 0.4) is 0 Å². The number of halogens is 9. The van der Waals surface area contributed by atoms with Gasteiger partial charge in [-0.3, -0.25) is 9.59 Å². The second-order valence-electron chi connectivity index (χ2n) is 11.8. The predicted octanol–water partition coefficient (Wildman–Crippen LogP) is 5.68. The number of carbonyl (C=O) groups is 2. The number of fused-ring (bicyclic) bond motifs is 3. The summed E-state index contributed by atoms with van der Waals surface area (Å²) < 4.78 is 151. The zero-order valence-corrected chi connectivity index (χ0v) is 24.5. The van der Waals surface area contributed by atoms with E-state index in [-0.39, 0.29) is 36.6 Å². The predicted molar refractivity (Wildman–Crippen MR) is 140 cm³/mol. The lowest BCUT2D eigenvalue weighted by atomic mass is 9.76. The molecule has 16 heteroatoms. The first-order valence-corrected chi connectivity index (χ1v) is 15.4. The molecule has 45 heavy (non-hydrogen) atoms. The number of carbonyl (C=O) groups excluding carboxylic acids is 2. The van der Waals surface area contributed by atoms with E-state index in [1.54, 1.807) is 13.8 Å². The maximum absolute atomic E-state index is 15.0. The van der Waals surface area contributed by atoms with Crippen molar-refractivity contribution >= 4 is 21.7 Å². The molecule has 0 bridgehead atoms. The minimum atomic E-state index is -6.40. The third-order valence-corrected chi connectivity index (χ3v) is 11.6. The normalized spacial score (nSPS) is 26.0. The summed E-state index contributed by atoms with van der Waals surface area (Å²) in [4.78, 5) is 28.2. The molecule has 2 aromatic carbocycles. The fourth-order valence-corrected chi connectivity index (χ4v) is 9.44. The van der Waals surface area contributed by atoms with Gasteiger partial charge in [0.15, 0.2) is 16.0 Å². The quantitative estimate of drug-likeness (QED) is 0.303. The molecule has 2 aromatic rings. The molecule has 0 radical (unpaired) electrons. The highest BCUT2D eigenvalue weighted by Crippen LogP contribution is 2.57. The van der Waals surface area contributed by atoms with E-state index in [1.165, 1.54) is 0 Å². The highest BCUT2D eigenvalue weighted by Gasteiger charge is 2.74. The molecule has 246 valence electrons. The van der Waals surface area contributed by atoms with Crippen LogP contribution in [-0.2, 0) is 36.3 Å². The van der Waals surface area contributed by atoms with E-state index in [1.807, 2.05) is 0 Å². The van der Waals surface area contributed by atoms with Gasteiger partial charge in [0.25, 0.3) is 5.91 Å². The molecule has 1 aliphatic carbocycles. The number of nitrogens with zero attached hydrogens (tertiary/aromatic N) is 2. The van der Waals surface area contributed by atoms with E-state index in [0.29, 0.717) is 12.1 Å². The summed E-state index contributed by atoms with van der Waals surface area (Å²) in [5, 5.41) is 0. The number of sulfone groups is 1. The van der Waals surface area contributed by atoms with Crippen molar-refractivity contribution in [3.05, 3.63) is 65.0 Å². The number of alkyl halides is 8. The molecule has 0 N–H and O–H groups in total. The Kier molecular flexibility index (Phi) is 7.81. The van der Waals surface area contributed by atoms with Crippen molar-refractivity contribution in [2.45, 2.75) is 91.5 Å². The van der Waals surface area contributed by atoms with Gasteiger partial charge in [0.05, 0.1) is 10.9 Å². The number of likely N-dealkylation sites (tertiary alicyclic amines) is 2. The van der Waals surface area contributed by atoms with Crippen molar-refractivity contribution in [2.75, 3.05) is 6.54 Å². The molecular weight excluding hydrogens is 643 g/mol. The molecule has 6 nitrogen and oxygen atoms in total. The van der Waals surface area contributed by atoms with Crippen molar-refractivity contribution in [2.24, 2.45) is 0 Å². The maximum Gasteiger partial charge on any atom is 0.435 e. The van der Waals surface area contributed by atoms with Crippen LogP contribution in [0.5, 0.6) is 0 Å². The molecule has 2 aliphatic heterocycles. The first kappa shape index (κ1) is 33.1. The van der Waals surface area contributed by atoms with Gasteiger partial charge in [-0.25, -0.2) is 21.6 Å². The van der Waals surface area contributed by atoms with Crippen LogP contribution in [0.2, 0.25) is 0 Å². The van der Waals surface area contributed by atoms with E-state index in [4.69, 9.17) is 0 Å². The maximum atomic E-state index is 15.0. The number of hydrogen-bond acceptors (Lipinski definition) is 4. The molecule has 0 unspecified atom stereocenters. The summed E-state index contributed by atoms with van der Waals surface area (Å²) in [5.41, 5.74) is -8.08. The minimum Gasteiger partial charge on any atom is -0.336 e. The Morgan fingerprint density at radius 2 is 1.58 bits per heavy atom. The van der Waals surface area contributed by atoms with Crippen molar-refractivity contribution in [1.82, 2.24) is 9.80 Å². The molecule has 2 saturated heterocycles. The molecule has 0 aromatic heterocycles. The van der Waals surface area contributed by atoms with Gasteiger partial charge >= 0.3 is 18.0 Å². The summed E-state index contributed by atoms with van der Waals surface area (Å²) in [6.07, 6.45) is -16.3. The van der Waals surface area contributed by atoms with Crippen molar-refractivity contribution in [3.63, 3.8) is 0 Å². The van der Waals surface area contributed by atoms with E-state index >= 15 is 0 Å². The van der Waals surface area contributed by atoms with Gasteiger partial charge in [0.2, 0.25) is 5.91 Å². The third-order valence-electron chi connectivity index (χ3n) is 9.08. The number of aryl methyl sites for hydroxylation is 1. The lowest BCUT2D eigenvalue weighted by Crippen LogP contribution is -2.56. The van der Waals surface area contributed by atoms with Crippen LogP contribution in [0.15, 0.2) is 47.4 Å². The highest BCUT2D eigenvalue weighted by molar-refractivity contribution is 7.92. The number of amides is 2. The van der Waals surface area contributed by atoms with Crippen LogP contribution in [0, 0.1) is 5.82 Å². The molecule has 2 fully saturated rings. The zero-order chi connectivity index (χ0) is 33.5. The van der Waals surface area contributed by atoms with Crippen molar-refractivity contribution < 1.29 is 57.5 Å². The highest BCUT2D eigenvalue weighted by atomic mass is 32.2. The Hall–Kier alpha value is -3.30. The van der Waals surface area contributed by atoms with Gasteiger partial charge in [-0.15, -0.1) is 0 Å². The largest absolute Gasteiger partial charge is 0.435 e. The minimum absolute atomic E-state index is 0.235. The standard InChI is InChI=1S/C29H27F9N2O4S/c1-15(2)40-22(14-21(31)24(40)41)25(42)39-12-11-26(45(43,44)19-7-5-18(30)6-8-19)20-9-4-17(13-16(20)3-10-23(26)39)27(32,28(33,34)35)29(36,37)38/h4-9,13,15,21-23H,3,10-12,14H2,1-2H3/t21-,22-,23+,26+/m0/s1. The van der Waals surface area contributed by atoms with Crippen molar-refractivity contribution in [1.29, 1.82) is 0 Å². The Balaban J connectivity index is 1.68. The molecule has 3 aliphatic rings. The molecule has 2 heterocycles. The molecule has 4 atom stereocenters. The topological polar surface area (TPSA) is 74.8 Å². The van der Waals surface area contributed by atoms with Gasteiger partial charge in [0, 0.05) is 24.6 Å². The van der Waals surface area contributed by atoms with Crippen LogP contribution in [-0.4, -0.2) is 73.2 Å². The van der Waals surface area contributed by atoms with Gasteiger partial charge < -0.3 is 9.80 Å². The SMILES string of the molecule is CC(C)N1C(=O)[C@@H](F)C[C@H]1C(=O)N1CC[C@@]2(S(=O)(=O)c3ccc(F)cc3)c3ccc(C(F)(C(F)(F)F)C(F)(F)F)cc3CC[C@@H]12. The van der Waals surface area contributed by atoms with Gasteiger partial charge in [-0.05, 0) is 68.5 Å². The van der Waals surface area contributed by atoms with Gasteiger partial charge in [0.1, 0.15) is 16.6 Å². The average Bonchev–Trinajstić information content (AvgIpc) is 3.49. The first-order chi connectivity index (χ1) is 20.7. The number of rotatable bonds is 5. The average molecular weight is 671 g/mol. The number of hydrogen-bond donors (Lipinski definition) is 0. The Bertz CT molecular complexity index is 1610. The molecule has 0 saturated carbocycles. The van der Waals surface area contributed by atoms with Gasteiger partial charge in [-0.2, -0.15) is 26.3 Å². The Morgan fingerprint density at radius 1 is 0.978 bits per heavy atom. The van der Waals surface area contributed by atoms with Gasteiger partial charge in [-0.1, -0.05) is 18.2 Å². The number of benzene rings is 2. The lowest BCUT2D eigenvalue weighted by Gasteiger charge is -2.44. The van der Waals surface area contributed by atoms with Crippen molar-refractivity contribution in [3.8, 4) is 0 Å². The summed E-state index contributed by atoms with van der Waals surface area (Å²) >= 11 is 0. The first-order valence-electron chi connectivity index (χ1n) is 13.9. The fourth-order valence-electron chi connectivity index (χ4n) is 7.07. The smallest absolute Gasteiger partial charge is 0.336 e. The van der Waals surface area contributed by atoms with Crippen LogP contribution in [0.1, 0.15) is 49.8 Å². The zero-order valence-electron chi connectivity index (χ0n) is 23.7. The molecule has 5 rings (SSSR count). The van der Waals surface area contributed by atoms with E-state index in [2.05, 4.69) is 0 Å². The fraction of sp³-hybridized carbons (Fsp3) is 0.517. The van der Waals surface area contributed by atoms with Crippen LogP contribution < -0.4 is 0 Å². The second kappa shape index (κ2) is 10.6. The molecule has 0 spiro atoms. The molecular formula is C29H27F9N2O4S. The van der Waals surface area contributed by atoms with Crippen LogP contribution in [0.4, 0.5) is 39.5 Å². The Morgan fingerprint density at radius 3 is 2.13 bits per heavy atom. The summed E-state index contributed by atoms with van der Waals surface area (Å²) in [6, 6.07) is 1.71. The summed E-state index contributed by atoms with van der Waals surface area (Å²) in [6.45, 7) is 2.84. The van der Waals surface area contributed by atoms with E-state index in [0.717, 1.165) is 34.1 Å². The Labute approximate surface area is 252 Å². The van der Waals surface area contributed by atoms with Crippen LogP contribution >= 0.6 is 0 Å².